The summed E-state index contributed by atoms with van der Waals surface area (Å²) in [7, 11) is 0. The van der Waals surface area contributed by atoms with Crippen LogP contribution in [0.1, 0.15) is 11.3 Å². The third kappa shape index (κ3) is 5.10. The predicted molar refractivity (Wildman–Crippen MR) is 91.7 cm³/mol. The van der Waals surface area contributed by atoms with Crippen molar-refractivity contribution in [2.45, 2.75) is 13.2 Å². The molecule has 0 fully saturated rings. The number of halogens is 1. The van der Waals surface area contributed by atoms with Crippen molar-refractivity contribution in [2.24, 2.45) is 0 Å². The molecule has 0 atom stereocenters. The smallest absolute Gasteiger partial charge is 0.319 e. The molecule has 2 aromatic carbocycles. The van der Waals surface area contributed by atoms with Crippen LogP contribution in [0.2, 0.25) is 0 Å². The maximum Gasteiger partial charge on any atom is 0.319 e. The lowest BCUT2D eigenvalue weighted by atomic mass is 10.2. The number of nitrogens with one attached hydrogen (secondary N) is 2. The number of carbonyl (C=O) groups is 1. The highest BCUT2D eigenvalue weighted by Crippen LogP contribution is 2.18. The van der Waals surface area contributed by atoms with Gasteiger partial charge in [0.15, 0.2) is 0 Å². The SMILES string of the molecule is O=C(NCc1ccco1)Nc1cccc(OCc2ccc(F)cc2)c1. The zero-order chi connectivity index (χ0) is 17.5. The molecule has 0 spiro atoms. The number of hydrogen-bond donors (Lipinski definition) is 2. The van der Waals surface area contributed by atoms with Crippen LogP contribution in [0.15, 0.2) is 71.3 Å². The van der Waals surface area contributed by atoms with E-state index in [4.69, 9.17) is 9.15 Å². The van der Waals surface area contributed by atoms with Crippen molar-refractivity contribution in [3.63, 3.8) is 0 Å². The Bertz CT molecular complexity index is 817. The number of carbonyl (C=O) groups excluding carboxylic acids is 1. The first-order chi connectivity index (χ1) is 12.2. The molecular formula is C19H17FN2O3. The third-order valence-electron chi connectivity index (χ3n) is 3.41. The molecule has 6 heteroatoms. The predicted octanol–water partition coefficient (Wildman–Crippen LogP) is 4.32. The molecule has 2 N–H and O–H groups in total. The molecule has 5 nitrogen and oxygen atoms in total. The van der Waals surface area contributed by atoms with Crippen LogP contribution in [0.5, 0.6) is 5.75 Å². The van der Waals surface area contributed by atoms with Crippen molar-refractivity contribution in [1.82, 2.24) is 5.32 Å². The van der Waals surface area contributed by atoms with E-state index in [-0.39, 0.29) is 11.8 Å². The Kier molecular flexibility index (Phi) is 5.31. The number of furan rings is 1. The molecule has 0 unspecified atom stereocenters. The first-order valence-corrected chi connectivity index (χ1v) is 7.73. The highest BCUT2D eigenvalue weighted by atomic mass is 19.1. The molecule has 128 valence electrons. The summed E-state index contributed by atoms with van der Waals surface area (Å²) in [6.07, 6.45) is 1.55. The second kappa shape index (κ2) is 8.01. The summed E-state index contributed by atoms with van der Waals surface area (Å²) in [5.41, 5.74) is 1.46. The minimum absolute atomic E-state index is 0.282. The van der Waals surface area contributed by atoms with E-state index in [9.17, 15) is 9.18 Å². The largest absolute Gasteiger partial charge is 0.489 e. The Balaban J connectivity index is 1.51. The molecular weight excluding hydrogens is 323 g/mol. The topological polar surface area (TPSA) is 63.5 Å². The van der Waals surface area contributed by atoms with E-state index in [1.54, 1.807) is 54.8 Å². The van der Waals surface area contributed by atoms with Gasteiger partial charge in [-0.3, -0.25) is 0 Å². The van der Waals surface area contributed by atoms with E-state index in [0.29, 0.717) is 30.3 Å². The molecule has 0 bridgehead atoms. The second-order valence-corrected chi connectivity index (χ2v) is 5.33. The highest BCUT2D eigenvalue weighted by Gasteiger charge is 2.04. The highest BCUT2D eigenvalue weighted by molar-refractivity contribution is 5.89. The minimum atomic E-state index is -0.341. The van der Waals surface area contributed by atoms with Crippen molar-refractivity contribution in [1.29, 1.82) is 0 Å². The van der Waals surface area contributed by atoms with Crippen molar-refractivity contribution < 1.29 is 18.3 Å². The zero-order valence-corrected chi connectivity index (χ0v) is 13.4. The van der Waals surface area contributed by atoms with Crippen molar-refractivity contribution in [3.8, 4) is 5.75 Å². The van der Waals surface area contributed by atoms with Gasteiger partial charge in [0, 0.05) is 11.8 Å². The number of hydrogen-bond acceptors (Lipinski definition) is 3. The van der Waals surface area contributed by atoms with E-state index >= 15 is 0 Å². The maximum atomic E-state index is 12.9. The fourth-order valence-corrected chi connectivity index (χ4v) is 2.17. The molecule has 3 rings (SSSR count). The summed E-state index contributed by atoms with van der Waals surface area (Å²) in [5.74, 6) is 0.996. The lowest BCUT2D eigenvalue weighted by Crippen LogP contribution is -2.27. The molecule has 0 aliphatic carbocycles. The second-order valence-electron chi connectivity index (χ2n) is 5.33. The van der Waals surface area contributed by atoms with Gasteiger partial charge in [-0.2, -0.15) is 0 Å². The molecule has 1 aromatic heterocycles. The quantitative estimate of drug-likeness (QED) is 0.702. The van der Waals surface area contributed by atoms with E-state index < -0.39 is 0 Å². The van der Waals surface area contributed by atoms with Crippen LogP contribution in [0.25, 0.3) is 0 Å². The molecule has 0 saturated heterocycles. The van der Waals surface area contributed by atoms with Crippen LogP contribution in [0.3, 0.4) is 0 Å². The standard InChI is InChI=1S/C19H17FN2O3/c20-15-8-6-14(7-9-15)13-25-17-4-1-3-16(11-17)22-19(23)21-12-18-5-2-10-24-18/h1-11H,12-13H2,(H2,21,22,23). The van der Waals surface area contributed by atoms with E-state index in [2.05, 4.69) is 10.6 Å². The fourth-order valence-electron chi connectivity index (χ4n) is 2.17. The van der Waals surface area contributed by atoms with Crippen LogP contribution in [0.4, 0.5) is 14.9 Å². The van der Waals surface area contributed by atoms with E-state index in [0.717, 1.165) is 5.56 Å². The number of benzene rings is 2. The minimum Gasteiger partial charge on any atom is -0.489 e. The summed E-state index contributed by atoms with van der Waals surface area (Å²) in [5, 5.41) is 5.43. The van der Waals surface area contributed by atoms with Crippen LogP contribution in [-0.4, -0.2) is 6.03 Å². The van der Waals surface area contributed by atoms with Crippen molar-refractivity contribution in [2.75, 3.05) is 5.32 Å². The number of anilines is 1. The Morgan fingerprint density at radius 3 is 2.68 bits per heavy atom. The van der Waals surface area contributed by atoms with Gasteiger partial charge in [0.1, 0.15) is 23.9 Å². The van der Waals surface area contributed by atoms with Gasteiger partial charge in [0.05, 0.1) is 12.8 Å². The number of amides is 2. The van der Waals surface area contributed by atoms with Gasteiger partial charge in [-0.25, -0.2) is 9.18 Å². The number of urea groups is 1. The van der Waals surface area contributed by atoms with Crippen LogP contribution >= 0.6 is 0 Å². The summed E-state index contributed by atoms with van der Waals surface area (Å²) < 4.78 is 23.7. The van der Waals surface area contributed by atoms with Gasteiger partial charge in [0.2, 0.25) is 0 Å². The number of ether oxygens (including phenoxy) is 1. The monoisotopic (exact) mass is 340 g/mol. The lowest BCUT2D eigenvalue weighted by Gasteiger charge is -2.10. The van der Waals surface area contributed by atoms with Gasteiger partial charge in [-0.05, 0) is 42.0 Å². The average Bonchev–Trinajstić information content (AvgIpc) is 3.13. The molecule has 0 aliphatic heterocycles. The first-order valence-electron chi connectivity index (χ1n) is 7.73. The Labute approximate surface area is 144 Å². The average molecular weight is 340 g/mol. The molecule has 2 amide bonds. The summed E-state index contributed by atoms with van der Waals surface area (Å²) >= 11 is 0. The van der Waals surface area contributed by atoms with Gasteiger partial charge >= 0.3 is 6.03 Å². The Morgan fingerprint density at radius 2 is 1.92 bits per heavy atom. The first kappa shape index (κ1) is 16.6. The molecule has 25 heavy (non-hydrogen) atoms. The lowest BCUT2D eigenvalue weighted by molar-refractivity contribution is 0.251. The number of rotatable bonds is 6. The summed E-state index contributed by atoms with van der Waals surface area (Å²) in [6, 6.07) is 16.4. The van der Waals surface area contributed by atoms with Gasteiger partial charge in [0.25, 0.3) is 0 Å². The third-order valence-corrected chi connectivity index (χ3v) is 3.41. The summed E-state index contributed by atoms with van der Waals surface area (Å²) in [6.45, 7) is 0.619. The van der Waals surface area contributed by atoms with Gasteiger partial charge < -0.3 is 19.8 Å². The summed E-state index contributed by atoms with van der Waals surface area (Å²) in [4.78, 5) is 11.9. The van der Waals surface area contributed by atoms with Gasteiger partial charge in [-0.15, -0.1) is 0 Å². The maximum absolute atomic E-state index is 12.9. The van der Waals surface area contributed by atoms with Crippen molar-refractivity contribution in [3.05, 3.63) is 84.1 Å². The van der Waals surface area contributed by atoms with Crippen LogP contribution in [-0.2, 0) is 13.2 Å². The molecule has 1 heterocycles. The molecule has 0 radical (unpaired) electrons. The Hall–Kier alpha value is -3.28. The zero-order valence-electron chi connectivity index (χ0n) is 13.4. The van der Waals surface area contributed by atoms with Crippen molar-refractivity contribution >= 4 is 11.7 Å². The van der Waals surface area contributed by atoms with Crippen LogP contribution < -0.4 is 15.4 Å². The van der Waals surface area contributed by atoms with E-state index in [1.807, 2.05) is 0 Å². The molecule has 0 saturated carbocycles. The molecule has 3 aromatic rings. The Morgan fingerprint density at radius 1 is 1.08 bits per heavy atom. The van der Waals surface area contributed by atoms with Crippen LogP contribution in [0, 0.1) is 5.82 Å². The normalized spacial score (nSPS) is 10.3. The van der Waals surface area contributed by atoms with E-state index in [1.165, 1.54) is 12.1 Å². The fraction of sp³-hybridized carbons (Fsp3) is 0.105. The van der Waals surface area contributed by atoms with Gasteiger partial charge in [-0.1, -0.05) is 18.2 Å². The molecule has 0 aliphatic rings.